The minimum absolute atomic E-state index is 0.0395. The van der Waals surface area contributed by atoms with Gasteiger partial charge >= 0.3 is 0 Å². The fourth-order valence-electron chi connectivity index (χ4n) is 3.30. The van der Waals surface area contributed by atoms with Crippen molar-refractivity contribution in [2.45, 2.75) is 18.9 Å². The molecule has 2 aromatic rings. The van der Waals surface area contributed by atoms with E-state index in [0.717, 1.165) is 34.4 Å². The van der Waals surface area contributed by atoms with Crippen molar-refractivity contribution in [3.8, 4) is 17.2 Å². The van der Waals surface area contributed by atoms with E-state index in [2.05, 4.69) is 15.9 Å². The van der Waals surface area contributed by atoms with Gasteiger partial charge in [0.15, 0.2) is 6.61 Å². The number of amides is 1. The molecule has 2 aromatic carbocycles. The number of likely N-dealkylation sites (tertiary alicyclic amines) is 1. The number of methoxy groups -OCH3 is 2. The smallest absolute Gasteiger partial charge is 0.261 e. The molecule has 1 unspecified atom stereocenters. The lowest BCUT2D eigenvalue weighted by molar-refractivity contribution is -0.134. The van der Waals surface area contributed by atoms with Crippen molar-refractivity contribution in [3.63, 3.8) is 0 Å². The van der Waals surface area contributed by atoms with Crippen LogP contribution in [-0.2, 0) is 4.79 Å². The van der Waals surface area contributed by atoms with Gasteiger partial charge in [-0.15, -0.1) is 0 Å². The van der Waals surface area contributed by atoms with Crippen molar-refractivity contribution in [2.75, 3.05) is 27.4 Å². The Morgan fingerprint density at radius 3 is 2.70 bits per heavy atom. The summed E-state index contributed by atoms with van der Waals surface area (Å²) in [4.78, 5) is 14.6. The summed E-state index contributed by atoms with van der Waals surface area (Å²) in [7, 11) is 3.24. The Bertz CT molecular complexity index is 830. The quantitative estimate of drug-likeness (QED) is 0.625. The van der Waals surface area contributed by atoms with E-state index in [1.54, 1.807) is 26.4 Å². The zero-order valence-electron chi connectivity index (χ0n) is 15.2. The summed E-state index contributed by atoms with van der Waals surface area (Å²) < 4.78 is 17.3. The Labute approximate surface area is 172 Å². The molecule has 7 heteroatoms. The Balaban J connectivity index is 1.73. The Kier molecular flexibility index (Phi) is 6.50. The fraction of sp³-hybridized carbons (Fsp3) is 0.350. The molecule has 1 amide bonds. The average Bonchev–Trinajstić information content (AvgIpc) is 3.16. The van der Waals surface area contributed by atoms with Crippen LogP contribution in [0.25, 0.3) is 0 Å². The predicted molar refractivity (Wildman–Crippen MR) is 108 cm³/mol. The third-order valence-electron chi connectivity index (χ3n) is 4.62. The summed E-state index contributed by atoms with van der Waals surface area (Å²) in [6.45, 7) is 0.631. The third-order valence-corrected chi connectivity index (χ3v) is 5.41. The van der Waals surface area contributed by atoms with E-state index in [4.69, 9.17) is 25.8 Å². The van der Waals surface area contributed by atoms with Crippen LogP contribution in [0.4, 0.5) is 0 Å². The van der Waals surface area contributed by atoms with Gasteiger partial charge in [-0.3, -0.25) is 4.79 Å². The number of carbonyl (C=O) groups excluding carboxylic acids is 1. The van der Waals surface area contributed by atoms with Gasteiger partial charge in [-0.25, -0.2) is 0 Å². The maximum absolute atomic E-state index is 12.8. The number of carbonyl (C=O) groups is 1. The van der Waals surface area contributed by atoms with Gasteiger partial charge in [-0.1, -0.05) is 27.5 Å². The molecule has 1 aliphatic rings. The largest absolute Gasteiger partial charge is 0.497 e. The molecule has 1 heterocycles. The Morgan fingerprint density at radius 2 is 2.00 bits per heavy atom. The monoisotopic (exact) mass is 453 g/mol. The van der Waals surface area contributed by atoms with Crippen molar-refractivity contribution < 1.29 is 19.0 Å². The van der Waals surface area contributed by atoms with Gasteiger partial charge in [-0.05, 0) is 43.2 Å². The summed E-state index contributed by atoms with van der Waals surface area (Å²) in [5, 5.41) is 0.465. The van der Waals surface area contributed by atoms with E-state index in [1.165, 1.54) is 0 Å². The molecule has 0 N–H and O–H groups in total. The van der Waals surface area contributed by atoms with Crippen LogP contribution >= 0.6 is 27.5 Å². The summed E-state index contributed by atoms with van der Waals surface area (Å²) in [6, 6.07) is 11.0. The predicted octanol–water partition coefficient (Wildman–Crippen LogP) is 4.86. The number of nitrogens with zero attached hydrogens (tertiary/aromatic N) is 1. The highest BCUT2D eigenvalue weighted by Gasteiger charge is 2.32. The molecule has 144 valence electrons. The van der Waals surface area contributed by atoms with Crippen molar-refractivity contribution in [1.82, 2.24) is 4.90 Å². The van der Waals surface area contributed by atoms with Crippen LogP contribution in [0, 0.1) is 0 Å². The second-order valence-corrected chi connectivity index (χ2v) is 7.54. The molecular weight excluding hydrogens is 434 g/mol. The SMILES string of the molecule is COc1ccc(C2CCCN2C(=O)COc2ccc(Br)cc2Cl)c(OC)c1. The van der Waals surface area contributed by atoms with Crippen molar-refractivity contribution in [1.29, 1.82) is 0 Å². The number of hydrogen-bond acceptors (Lipinski definition) is 4. The van der Waals surface area contributed by atoms with Crippen LogP contribution in [-0.4, -0.2) is 38.2 Å². The summed E-state index contributed by atoms with van der Waals surface area (Å²) >= 11 is 9.51. The second-order valence-electron chi connectivity index (χ2n) is 6.22. The van der Waals surface area contributed by atoms with Gasteiger partial charge in [0.25, 0.3) is 5.91 Å². The third kappa shape index (κ3) is 4.50. The molecule has 5 nitrogen and oxygen atoms in total. The summed E-state index contributed by atoms with van der Waals surface area (Å²) in [6.07, 6.45) is 1.82. The molecule has 1 saturated heterocycles. The first-order valence-corrected chi connectivity index (χ1v) is 9.80. The van der Waals surface area contributed by atoms with Gasteiger partial charge in [0.1, 0.15) is 17.2 Å². The molecule has 0 spiro atoms. The molecule has 1 fully saturated rings. The molecule has 0 aliphatic carbocycles. The van der Waals surface area contributed by atoms with Crippen LogP contribution in [0.1, 0.15) is 24.4 Å². The molecule has 0 radical (unpaired) electrons. The lowest BCUT2D eigenvalue weighted by Crippen LogP contribution is -2.34. The van der Waals surface area contributed by atoms with Crippen molar-refractivity contribution >= 4 is 33.4 Å². The first-order chi connectivity index (χ1) is 13.0. The normalized spacial score (nSPS) is 16.3. The average molecular weight is 455 g/mol. The standard InChI is InChI=1S/C20H21BrClNO4/c1-25-14-6-7-15(19(11-14)26-2)17-4-3-9-23(17)20(24)12-27-18-8-5-13(21)10-16(18)22/h5-8,10-11,17H,3-4,9,12H2,1-2H3. The van der Waals surface area contributed by atoms with Crippen molar-refractivity contribution in [2.24, 2.45) is 0 Å². The second kappa shape index (κ2) is 8.85. The van der Waals surface area contributed by atoms with E-state index < -0.39 is 0 Å². The highest BCUT2D eigenvalue weighted by molar-refractivity contribution is 9.10. The Hall–Kier alpha value is -1.92. The molecule has 0 saturated carbocycles. The number of rotatable bonds is 6. The lowest BCUT2D eigenvalue weighted by Gasteiger charge is -2.26. The Morgan fingerprint density at radius 1 is 1.19 bits per heavy atom. The van der Waals surface area contributed by atoms with E-state index in [0.29, 0.717) is 17.3 Å². The van der Waals surface area contributed by atoms with Crippen LogP contribution in [0.5, 0.6) is 17.2 Å². The maximum atomic E-state index is 12.8. The zero-order valence-corrected chi connectivity index (χ0v) is 17.5. The van der Waals surface area contributed by atoms with Gasteiger partial charge in [0, 0.05) is 22.6 Å². The van der Waals surface area contributed by atoms with Crippen LogP contribution in [0.2, 0.25) is 5.02 Å². The van der Waals surface area contributed by atoms with E-state index in [1.807, 2.05) is 29.2 Å². The van der Waals surface area contributed by atoms with Gasteiger partial charge in [0.2, 0.25) is 0 Å². The molecule has 27 heavy (non-hydrogen) atoms. The zero-order chi connectivity index (χ0) is 19.4. The van der Waals surface area contributed by atoms with E-state index >= 15 is 0 Å². The number of hydrogen-bond donors (Lipinski definition) is 0. The first-order valence-electron chi connectivity index (χ1n) is 8.62. The molecule has 3 rings (SSSR count). The fourth-order valence-corrected chi connectivity index (χ4v) is 4.02. The number of benzene rings is 2. The number of ether oxygens (including phenoxy) is 3. The maximum Gasteiger partial charge on any atom is 0.261 e. The van der Waals surface area contributed by atoms with Gasteiger partial charge in [-0.2, -0.15) is 0 Å². The number of halogens is 2. The van der Waals surface area contributed by atoms with Crippen LogP contribution in [0.15, 0.2) is 40.9 Å². The molecule has 0 aromatic heterocycles. The van der Waals surface area contributed by atoms with Crippen molar-refractivity contribution in [3.05, 3.63) is 51.5 Å². The highest BCUT2D eigenvalue weighted by Crippen LogP contribution is 2.38. The molecule has 0 bridgehead atoms. The molecule has 1 atom stereocenters. The molecular formula is C20H21BrClNO4. The summed E-state index contributed by atoms with van der Waals surface area (Å²) in [5.41, 5.74) is 0.978. The minimum Gasteiger partial charge on any atom is -0.497 e. The first kappa shape index (κ1) is 19.8. The summed E-state index contributed by atoms with van der Waals surface area (Å²) in [5.74, 6) is 1.86. The molecule has 1 aliphatic heterocycles. The van der Waals surface area contributed by atoms with Crippen LogP contribution < -0.4 is 14.2 Å². The van der Waals surface area contributed by atoms with Gasteiger partial charge < -0.3 is 19.1 Å². The van der Waals surface area contributed by atoms with E-state index in [-0.39, 0.29) is 18.6 Å². The topological polar surface area (TPSA) is 48.0 Å². The van der Waals surface area contributed by atoms with E-state index in [9.17, 15) is 4.79 Å². The van der Waals surface area contributed by atoms with Crippen LogP contribution in [0.3, 0.4) is 0 Å². The lowest BCUT2D eigenvalue weighted by atomic mass is 10.0. The minimum atomic E-state index is -0.0747. The van der Waals surface area contributed by atoms with Gasteiger partial charge in [0.05, 0.1) is 25.3 Å². The highest BCUT2D eigenvalue weighted by atomic mass is 79.9.